The molecule has 144 valence electrons. The van der Waals surface area contributed by atoms with E-state index in [1.165, 1.54) is 43.2 Å². The van der Waals surface area contributed by atoms with E-state index in [9.17, 15) is 9.59 Å². The molecule has 1 amide bonds. The van der Waals surface area contributed by atoms with Crippen molar-refractivity contribution in [1.82, 2.24) is 15.1 Å². The zero-order valence-corrected chi connectivity index (χ0v) is 16.0. The normalized spacial score (nSPS) is 21.1. The lowest BCUT2D eigenvalue weighted by molar-refractivity contribution is -0.121. The van der Waals surface area contributed by atoms with Crippen LogP contribution in [0.5, 0.6) is 0 Å². The average molecular weight is 361 g/mol. The number of nitrogens with zero attached hydrogens (tertiary/aromatic N) is 3. The first-order valence-corrected chi connectivity index (χ1v) is 10.2. The fraction of sp³-hybridized carbons (Fsp3) is 0.750. The summed E-state index contributed by atoms with van der Waals surface area (Å²) >= 11 is 0. The van der Waals surface area contributed by atoms with Crippen LogP contribution in [0.3, 0.4) is 0 Å². The Bertz CT molecular complexity index is 651. The number of carbonyl (C=O) groups excluding carboxylic acids is 1. The average Bonchev–Trinajstić information content (AvgIpc) is 3.12. The Hall–Kier alpha value is -1.85. The Morgan fingerprint density at radius 2 is 2.04 bits per heavy atom. The molecule has 2 fully saturated rings. The van der Waals surface area contributed by atoms with Gasteiger partial charge in [-0.1, -0.05) is 32.1 Å². The molecule has 26 heavy (non-hydrogen) atoms. The third kappa shape index (κ3) is 5.32. The largest absolute Gasteiger partial charge is 0.370 e. The molecule has 1 saturated heterocycles. The molecule has 1 atom stereocenters. The molecule has 3 rings (SSSR count). The van der Waals surface area contributed by atoms with Crippen LogP contribution in [0.15, 0.2) is 17.1 Å². The van der Waals surface area contributed by atoms with Gasteiger partial charge in [0, 0.05) is 39.2 Å². The summed E-state index contributed by atoms with van der Waals surface area (Å²) in [5.41, 5.74) is 0.798. The zero-order chi connectivity index (χ0) is 18.4. The molecule has 1 aromatic heterocycles. The molecule has 0 radical (unpaired) electrons. The Balaban J connectivity index is 1.34. The number of hydrogen-bond acceptors (Lipinski definition) is 4. The van der Waals surface area contributed by atoms with Crippen LogP contribution in [-0.4, -0.2) is 35.3 Å². The van der Waals surface area contributed by atoms with Gasteiger partial charge in [0.1, 0.15) is 0 Å². The molecule has 1 aliphatic carbocycles. The van der Waals surface area contributed by atoms with E-state index in [4.69, 9.17) is 0 Å². The highest BCUT2D eigenvalue weighted by atomic mass is 16.1. The predicted octanol–water partition coefficient (Wildman–Crippen LogP) is 2.47. The molecule has 6 nitrogen and oxygen atoms in total. The first-order valence-electron chi connectivity index (χ1n) is 10.2. The molecule has 1 unspecified atom stereocenters. The summed E-state index contributed by atoms with van der Waals surface area (Å²) < 4.78 is 1.34. The Labute approximate surface area is 156 Å². The van der Waals surface area contributed by atoms with Crippen molar-refractivity contribution in [3.05, 3.63) is 22.6 Å². The number of hydrogen-bond donors (Lipinski definition) is 1. The van der Waals surface area contributed by atoms with Crippen LogP contribution in [0.4, 0.5) is 5.69 Å². The number of amides is 1. The highest BCUT2D eigenvalue weighted by Gasteiger charge is 2.23. The highest BCUT2D eigenvalue weighted by molar-refractivity contribution is 5.75. The van der Waals surface area contributed by atoms with Gasteiger partial charge in [-0.25, -0.2) is 4.68 Å². The van der Waals surface area contributed by atoms with E-state index >= 15 is 0 Å². The van der Waals surface area contributed by atoms with Crippen molar-refractivity contribution in [1.29, 1.82) is 0 Å². The number of anilines is 1. The SMILES string of the molecule is Cn1ncc(N2CCC(CNC(=O)CCCC3CCCCC3)C2)cc1=O. The minimum Gasteiger partial charge on any atom is -0.370 e. The molecule has 0 aromatic carbocycles. The van der Waals surface area contributed by atoms with Gasteiger partial charge in [0.15, 0.2) is 0 Å². The number of nitrogens with one attached hydrogen (secondary N) is 1. The summed E-state index contributed by atoms with van der Waals surface area (Å²) in [4.78, 5) is 26.0. The summed E-state index contributed by atoms with van der Waals surface area (Å²) in [6.45, 7) is 2.52. The van der Waals surface area contributed by atoms with E-state index in [0.717, 1.165) is 44.1 Å². The highest BCUT2D eigenvalue weighted by Crippen LogP contribution is 2.27. The van der Waals surface area contributed by atoms with E-state index in [-0.39, 0.29) is 11.5 Å². The topological polar surface area (TPSA) is 67.2 Å². The van der Waals surface area contributed by atoms with Crippen molar-refractivity contribution in [2.45, 2.75) is 57.8 Å². The predicted molar refractivity (Wildman–Crippen MR) is 103 cm³/mol. The maximum atomic E-state index is 12.1. The van der Waals surface area contributed by atoms with E-state index in [0.29, 0.717) is 12.3 Å². The van der Waals surface area contributed by atoms with Crippen LogP contribution >= 0.6 is 0 Å². The van der Waals surface area contributed by atoms with Crippen LogP contribution < -0.4 is 15.8 Å². The number of carbonyl (C=O) groups is 1. The second-order valence-corrected chi connectivity index (χ2v) is 7.98. The molecule has 0 spiro atoms. The Kier molecular flexibility index (Phi) is 6.69. The van der Waals surface area contributed by atoms with Crippen molar-refractivity contribution in [2.24, 2.45) is 18.9 Å². The standard InChI is InChI=1S/C20H32N4O2/c1-23-20(26)12-18(14-22-23)24-11-10-17(15-24)13-21-19(25)9-5-8-16-6-3-2-4-7-16/h12,14,16-17H,2-11,13,15H2,1H3,(H,21,25). The van der Waals surface area contributed by atoms with E-state index in [1.54, 1.807) is 19.3 Å². The van der Waals surface area contributed by atoms with Gasteiger partial charge in [-0.2, -0.15) is 5.10 Å². The molecule has 1 saturated carbocycles. The minimum absolute atomic E-state index is 0.0859. The summed E-state index contributed by atoms with van der Waals surface area (Å²) in [7, 11) is 1.66. The summed E-state index contributed by atoms with van der Waals surface area (Å²) in [5.74, 6) is 1.49. The molecule has 0 bridgehead atoms. The monoisotopic (exact) mass is 360 g/mol. The smallest absolute Gasteiger partial charge is 0.268 e. The molecule has 2 heterocycles. The first-order chi connectivity index (χ1) is 12.6. The van der Waals surface area contributed by atoms with E-state index < -0.39 is 0 Å². The van der Waals surface area contributed by atoms with Crippen molar-refractivity contribution >= 4 is 11.6 Å². The number of aryl methyl sites for hydroxylation is 1. The van der Waals surface area contributed by atoms with Crippen molar-refractivity contribution in [2.75, 3.05) is 24.5 Å². The molecule has 1 N–H and O–H groups in total. The number of rotatable bonds is 7. The first kappa shape index (κ1) is 18.9. The Morgan fingerprint density at radius 3 is 2.81 bits per heavy atom. The van der Waals surface area contributed by atoms with Gasteiger partial charge in [-0.05, 0) is 31.1 Å². The van der Waals surface area contributed by atoms with E-state index in [2.05, 4.69) is 15.3 Å². The lowest BCUT2D eigenvalue weighted by atomic mass is 9.86. The number of aromatic nitrogens is 2. The third-order valence-corrected chi connectivity index (χ3v) is 5.93. The minimum atomic E-state index is -0.0859. The molecular weight excluding hydrogens is 328 g/mol. The van der Waals surface area contributed by atoms with Crippen molar-refractivity contribution < 1.29 is 4.79 Å². The molecule has 1 aliphatic heterocycles. The molecule has 1 aromatic rings. The second-order valence-electron chi connectivity index (χ2n) is 7.98. The van der Waals surface area contributed by atoms with Crippen LogP contribution in [0.1, 0.15) is 57.8 Å². The summed E-state index contributed by atoms with van der Waals surface area (Å²) in [6.07, 6.45) is 12.5. The Morgan fingerprint density at radius 1 is 1.23 bits per heavy atom. The van der Waals surface area contributed by atoms with Gasteiger partial charge >= 0.3 is 0 Å². The van der Waals surface area contributed by atoms with Gasteiger partial charge in [-0.15, -0.1) is 0 Å². The fourth-order valence-electron chi connectivity index (χ4n) is 4.24. The fourth-order valence-corrected chi connectivity index (χ4v) is 4.24. The molecular formula is C20H32N4O2. The van der Waals surface area contributed by atoms with Gasteiger partial charge < -0.3 is 10.2 Å². The van der Waals surface area contributed by atoms with Crippen LogP contribution in [0.25, 0.3) is 0 Å². The van der Waals surface area contributed by atoms with Crippen LogP contribution in [-0.2, 0) is 11.8 Å². The quantitative estimate of drug-likeness (QED) is 0.811. The third-order valence-electron chi connectivity index (χ3n) is 5.93. The van der Waals surface area contributed by atoms with Gasteiger partial charge in [-0.3, -0.25) is 9.59 Å². The summed E-state index contributed by atoms with van der Waals surface area (Å²) in [6, 6.07) is 1.64. The maximum Gasteiger partial charge on any atom is 0.268 e. The second kappa shape index (κ2) is 9.19. The van der Waals surface area contributed by atoms with Crippen LogP contribution in [0.2, 0.25) is 0 Å². The molecule has 2 aliphatic rings. The zero-order valence-electron chi connectivity index (χ0n) is 16.0. The van der Waals surface area contributed by atoms with Crippen molar-refractivity contribution in [3.8, 4) is 0 Å². The van der Waals surface area contributed by atoms with Gasteiger partial charge in [0.2, 0.25) is 5.91 Å². The van der Waals surface area contributed by atoms with Crippen molar-refractivity contribution in [3.63, 3.8) is 0 Å². The van der Waals surface area contributed by atoms with E-state index in [1.807, 2.05) is 0 Å². The maximum absolute atomic E-state index is 12.1. The lowest BCUT2D eigenvalue weighted by Crippen LogP contribution is -2.31. The molecule has 6 heteroatoms. The summed E-state index contributed by atoms with van der Waals surface area (Å²) in [5, 5.41) is 7.20. The van der Waals surface area contributed by atoms with Gasteiger partial charge in [0.25, 0.3) is 5.56 Å². The lowest BCUT2D eigenvalue weighted by Gasteiger charge is -2.21. The van der Waals surface area contributed by atoms with Gasteiger partial charge in [0.05, 0.1) is 11.9 Å². The van der Waals surface area contributed by atoms with Crippen LogP contribution in [0, 0.1) is 11.8 Å².